The Morgan fingerprint density at radius 3 is 2.53 bits per heavy atom. The van der Waals surface area contributed by atoms with Gasteiger partial charge >= 0.3 is 0 Å². The van der Waals surface area contributed by atoms with Crippen molar-refractivity contribution in [1.29, 1.82) is 5.26 Å². The molecule has 2 aliphatic heterocycles. The summed E-state index contributed by atoms with van der Waals surface area (Å²) in [7, 11) is 1.91. The van der Waals surface area contributed by atoms with Crippen molar-refractivity contribution in [2.45, 2.75) is 47.1 Å². The fraction of sp³-hybridized carbons (Fsp3) is 0.370. The zero-order chi connectivity index (χ0) is 24.3. The second-order valence-corrected chi connectivity index (χ2v) is 8.51. The monoisotopic (exact) mass is 455 g/mol. The lowest BCUT2D eigenvalue weighted by Crippen LogP contribution is -2.26. The number of hydrogen-bond acceptors (Lipinski definition) is 3. The highest BCUT2D eigenvalue weighted by Crippen LogP contribution is 2.34. The van der Waals surface area contributed by atoms with Crippen LogP contribution >= 0.6 is 11.6 Å². The Hall–Kier alpha value is -2.77. The number of allylic oxidation sites excluding steroid dienone is 5. The summed E-state index contributed by atoms with van der Waals surface area (Å²) in [6.45, 7) is 14.5. The quantitative estimate of drug-likeness (QED) is 0.348. The van der Waals surface area contributed by atoms with E-state index < -0.39 is 0 Å². The Kier molecular flexibility index (Phi) is 11.6. The molecule has 0 bridgehead atoms. The molecular formula is C27H35ClFN3. The van der Waals surface area contributed by atoms with Crippen LogP contribution in [-0.4, -0.2) is 29.4 Å². The van der Waals surface area contributed by atoms with Crippen LogP contribution in [0.5, 0.6) is 0 Å². The molecule has 0 saturated carbocycles. The number of nitrogens with zero attached hydrogens (tertiary/aromatic N) is 3. The van der Waals surface area contributed by atoms with Crippen molar-refractivity contribution < 1.29 is 4.39 Å². The number of benzene rings is 1. The fourth-order valence-electron chi connectivity index (χ4n) is 2.89. The van der Waals surface area contributed by atoms with Crippen LogP contribution in [0, 0.1) is 23.2 Å². The van der Waals surface area contributed by atoms with Gasteiger partial charge in [0.05, 0.1) is 11.7 Å². The summed E-state index contributed by atoms with van der Waals surface area (Å²) in [5, 5.41) is 9.76. The van der Waals surface area contributed by atoms with Gasteiger partial charge in [-0.2, -0.15) is 5.26 Å². The normalized spacial score (nSPS) is 17.1. The third kappa shape index (κ3) is 7.73. The maximum Gasteiger partial charge on any atom is 0.184 e. The molecule has 3 nitrogen and oxygen atoms in total. The van der Waals surface area contributed by atoms with Crippen LogP contribution in [0.2, 0.25) is 5.02 Å². The first-order valence-corrected chi connectivity index (χ1v) is 11.3. The maximum absolute atomic E-state index is 14.4. The van der Waals surface area contributed by atoms with E-state index in [0.29, 0.717) is 17.1 Å². The molecule has 1 unspecified atom stereocenters. The predicted molar refractivity (Wildman–Crippen MR) is 135 cm³/mol. The van der Waals surface area contributed by atoms with E-state index in [2.05, 4.69) is 33.5 Å². The molecule has 0 N–H and O–H groups in total. The summed E-state index contributed by atoms with van der Waals surface area (Å²) in [5.74, 6) is 0.565. The standard InChI is InChI=1S/C19H17ClFN3.C5H12.C3H6/c1-13-5-6-14(11-24(13)12-22)16-4-3-9-23(2)19(16)17-10-15(20)7-8-18(17)21;1-4-5(2)3;1-3-2/h3-8,10-11,13H,9H2,1-2H3;5H,4H2,1-3H3;3H,1H2,2H3. The molecule has 2 aliphatic rings. The molecular weight excluding hydrogens is 421 g/mol. The molecule has 0 fully saturated rings. The number of likely N-dealkylation sites (N-methyl/N-ethyl adjacent to an activating group) is 1. The van der Waals surface area contributed by atoms with Gasteiger partial charge in [-0.25, -0.2) is 4.39 Å². The molecule has 1 aromatic rings. The third-order valence-electron chi connectivity index (χ3n) is 5.00. The smallest absolute Gasteiger partial charge is 0.184 e. The van der Waals surface area contributed by atoms with Gasteiger partial charge in [0.2, 0.25) is 0 Å². The van der Waals surface area contributed by atoms with Gasteiger partial charge in [-0.1, -0.05) is 69.2 Å². The molecule has 32 heavy (non-hydrogen) atoms. The van der Waals surface area contributed by atoms with Gasteiger partial charge in [0, 0.05) is 41.5 Å². The van der Waals surface area contributed by atoms with E-state index in [1.807, 2.05) is 50.1 Å². The average Bonchev–Trinajstić information content (AvgIpc) is 2.77. The lowest BCUT2D eigenvalue weighted by molar-refractivity contribution is 0.460. The van der Waals surface area contributed by atoms with E-state index in [4.69, 9.17) is 11.6 Å². The molecule has 0 aromatic heterocycles. The summed E-state index contributed by atoms with van der Waals surface area (Å²) in [4.78, 5) is 3.56. The highest BCUT2D eigenvalue weighted by atomic mass is 35.5. The first kappa shape index (κ1) is 27.3. The van der Waals surface area contributed by atoms with Crippen molar-refractivity contribution in [3.63, 3.8) is 0 Å². The van der Waals surface area contributed by atoms with Crippen molar-refractivity contribution in [1.82, 2.24) is 9.80 Å². The Morgan fingerprint density at radius 2 is 1.97 bits per heavy atom. The Balaban J connectivity index is 0.000000555. The van der Waals surface area contributed by atoms with Crippen LogP contribution in [0.25, 0.3) is 5.70 Å². The summed E-state index contributed by atoms with van der Waals surface area (Å²) in [5.41, 5.74) is 2.96. The number of rotatable bonds is 3. The minimum Gasteiger partial charge on any atom is -0.370 e. The Labute approximate surface area is 198 Å². The largest absolute Gasteiger partial charge is 0.370 e. The molecule has 5 heteroatoms. The summed E-state index contributed by atoms with van der Waals surface area (Å²) < 4.78 is 14.4. The molecule has 0 amide bonds. The highest BCUT2D eigenvalue weighted by molar-refractivity contribution is 6.30. The van der Waals surface area contributed by atoms with Crippen LogP contribution in [0.3, 0.4) is 0 Å². The number of hydrogen-bond donors (Lipinski definition) is 0. The van der Waals surface area contributed by atoms with Crippen LogP contribution < -0.4 is 0 Å². The van der Waals surface area contributed by atoms with Crippen molar-refractivity contribution >= 4 is 17.3 Å². The van der Waals surface area contributed by atoms with Gasteiger partial charge < -0.3 is 4.90 Å². The van der Waals surface area contributed by atoms with Gasteiger partial charge in [0.15, 0.2) is 6.19 Å². The molecule has 0 radical (unpaired) electrons. The average molecular weight is 456 g/mol. The van der Waals surface area contributed by atoms with Crippen LogP contribution in [0.15, 0.2) is 72.5 Å². The van der Waals surface area contributed by atoms with Crippen molar-refractivity contribution in [2.24, 2.45) is 5.92 Å². The lowest BCUT2D eigenvalue weighted by Gasteiger charge is -2.30. The topological polar surface area (TPSA) is 30.3 Å². The maximum atomic E-state index is 14.4. The third-order valence-corrected chi connectivity index (χ3v) is 5.23. The van der Waals surface area contributed by atoms with Crippen molar-refractivity contribution in [3.05, 3.63) is 88.9 Å². The molecule has 172 valence electrons. The Bertz CT molecular complexity index is 935. The molecule has 2 heterocycles. The van der Waals surface area contributed by atoms with Crippen molar-refractivity contribution in [3.8, 4) is 6.19 Å². The van der Waals surface area contributed by atoms with E-state index in [0.717, 1.165) is 22.8 Å². The highest BCUT2D eigenvalue weighted by Gasteiger charge is 2.22. The lowest BCUT2D eigenvalue weighted by atomic mass is 9.94. The van der Waals surface area contributed by atoms with Gasteiger partial charge in [-0.3, -0.25) is 4.90 Å². The second-order valence-electron chi connectivity index (χ2n) is 8.07. The van der Waals surface area contributed by atoms with Crippen LogP contribution in [0.1, 0.15) is 46.6 Å². The fourth-order valence-corrected chi connectivity index (χ4v) is 3.06. The number of nitriles is 1. The molecule has 1 atom stereocenters. The van der Waals surface area contributed by atoms with Gasteiger partial charge in [0.1, 0.15) is 5.82 Å². The van der Waals surface area contributed by atoms with E-state index in [9.17, 15) is 9.65 Å². The second kappa shape index (κ2) is 13.6. The minimum absolute atomic E-state index is 0.0102. The van der Waals surface area contributed by atoms with Gasteiger partial charge in [-0.05, 0) is 38.0 Å². The minimum atomic E-state index is -0.319. The zero-order valence-corrected chi connectivity index (χ0v) is 20.8. The molecule has 0 spiro atoms. The predicted octanol–water partition coefficient (Wildman–Crippen LogP) is 7.56. The molecule has 0 saturated heterocycles. The first-order valence-electron chi connectivity index (χ1n) is 10.9. The first-order chi connectivity index (χ1) is 15.2. The molecule has 3 rings (SSSR count). The van der Waals surface area contributed by atoms with Gasteiger partial charge in [0.25, 0.3) is 0 Å². The van der Waals surface area contributed by atoms with E-state index >= 15 is 0 Å². The van der Waals surface area contributed by atoms with E-state index in [1.54, 1.807) is 23.2 Å². The summed E-state index contributed by atoms with van der Waals surface area (Å²) in [6, 6.07) is 4.57. The number of halogens is 2. The zero-order valence-electron chi connectivity index (χ0n) is 20.1. The van der Waals surface area contributed by atoms with Gasteiger partial charge in [-0.15, -0.1) is 6.58 Å². The van der Waals surface area contributed by atoms with Crippen LogP contribution in [-0.2, 0) is 0 Å². The van der Waals surface area contributed by atoms with E-state index in [-0.39, 0.29) is 11.9 Å². The SMILES string of the molecule is C=CC.CC1C=CC(C2=C(c3cc(Cl)ccc3F)N(C)CC=C2)=CN1C#N.CCC(C)C. The van der Waals surface area contributed by atoms with Crippen LogP contribution in [0.4, 0.5) is 4.39 Å². The summed E-state index contributed by atoms with van der Waals surface area (Å²) in [6.07, 6.45) is 14.9. The Morgan fingerprint density at radius 1 is 1.34 bits per heavy atom. The van der Waals surface area contributed by atoms with E-state index in [1.165, 1.54) is 18.6 Å². The molecule has 0 aliphatic carbocycles. The summed E-state index contributed by atoms with van der Waals surface area (Å²) >= 11 is 6.08. The molecule has 1 aromatic carbocycles. The van der Waals surface area contributed by atoms with Crippen molar-refractivity contribution in [2.75, 3.05) is 13.6 Å².